The van der Waals surface area contributed by atoms with Crippen LogP contribution in [0.4, 0.5) is 0 Å². The van der Waals surface area contributed by atoms with Crippen molar-refractivity contribution in [3.05, 3.63) is 0 Å². The summed E-state index contributed by atoms with van der Waals surface area (Å²) >= 11 is 0. The van der Waals surface area contributed by atoms with E-state index in [1.165, 1.54) is 0 Å². The van der Waals surface area contributed by atoms with Gasteiger partial charge in [-0.05, 0) is 25.2 Å². The van der Waals surface area contributed by atoms with Crippen molar-refractivity contribution >= 4 is 10.1 Å². The molecule has 1 fully saturated rings. The second kappa shape index (κ2) is 4.39. The molecule has 0 spiro atoms. The lowest BCUT2D eigenvalue weighted by atomic mass is 9.88. The number of aliphatic hydroxyl groups excluding tert-OH is 1. The summed E-state index contributed by atoms with van der Waals surface area (Å²) in [5.41, 5.74) is 0. The fraction of sp³-hybridized carbons (Fsp3) is 1.00. The van der Waals surface area contributed by atoms with Crippen molar-refractivity contribution in [2.45, 2.75) is 31.8 Å². The summed E-state index contributed by atoms with van der Waals surface area (Å²) in [6.45, 7) is 0.129. The third-order valence-electron chi connectivity index (χ3n) is 2.30. The van der Waals surface area contributed by atoms with Crippen LogP contribution in [0.25, 0.3) is 0 Å². The fourth-order valence-corrected chi connectivity index (χ4v) is 2.41. The van der Waals surface area contributed by atoms with Crippen LogP contribution in [0.5, 0.6) is 0 Å². The minimum Gasteiger partial charge on any atom is -0.396 e. The van der Waals surface area contributed by atoms with Crippen molar-refractivity contribution in [3.8, 4) is 0 Å². The molecule has 78 valence electrons. The Kier molecular flexibility index (Phi) is 3.70. The van der Waals surface area contributed by atoms with Crippen LogP contribution in [-0.4, -0.2) is 32.5 Å². The maximum Gasteiger partial charge on any atom is 0.264 e. The number of hydrogen-bond donors (Lipinski definition) is 1. The summed E-state index contributed by atoms with van der Waals surface area (Å²) in [5, 5.41) is 8.90. The van der Waals surface area contributed by atoms with E-state index in [0.717, 1.165) is 25.5 Å². The van der Waals surface area contributed by atoms with Crippen LogP contribution >= 0.6 is 0 Å². The van der Waals surface area contributed by atoms with E-state index in [1.54, 1.807) is 0 Å². The predicted octanol–water partition coefficient (Wildman–Crippen LogP) is 0.514. The fourth-order valence-electron chi connectivity index (χ4n) is 1.74. The molecule has 1 saturated carbocycles. The largest absolute Gasteiger partial charge is 0.396 e. The average Bonchev–Trinajstić information content (AvgIpc) is 2.01. The summed E-state index contributed by atoms with van der Waals surface area (Å²) in [5.74, 6) is 0.209. The van der Waals surface area contributed by atoms with E-state index in [1.807, 2.05) is 0 Å². The summed E-state index contributed by atoms with van der Waals surface area (Å²) in [4.78, 5) is 0. The normalized spacial score (nSPS) is 30.3. The summed E-state index contributed by atoms with van der Waals surface area (Å²) < 4.78 is 26.5. The first-order valence-corrected chi connectivity index (χ1v) is 6.32. The number of hydrogen-bond acceptors (Lipinski definition) is 4. The highest BCUT2D eigenvalue weighted by molar-refractivity contribution is 7.86. The Balaban J connectivity index is 2.43. The molecule has 1 aliphatic carbocycles. The van der Waals surface area contributed by atoms with Crippen LogP contribution in [0.3, 0.4) is 0 Å². The molecule has 0 amide bonds. The zero-order valence-corrected chi connectivity index (χ0v) is 8.59. The molecule has 0 radical (unpaired) electrons. The lowest BCUT2D eigenvalue weighted by molar-refractivity contribution is 0.0979. The van der Waals surface area contributed by atoms with Crippen LogP contribution in [0, 0.1) is 5.92 Å². The van der Waals surface area contributed by atoms with Crippen molar-refractivity contribution in [2.24, 2.45) is 5.92 Å². The Morgan fingerprint density at radius 3 is 2.69 bits per heavy atom. The van der Waals surface area contributed by atoms with E-state index in [9.17, 15) is 8.42 Å². The highest BCUT2D eigenvalue weighted by atomic mass is 32.2. The van der Waals surface area contributed by atoms with Gasteiger partial charge in [-0.1, -0.05) is 6.42 Å². The van der Waals surface area contributed by atoms with Gasteiger partial charge in [-0.15, -0.1) is 0 Å². The highest BCUT2D eigenvalue weighted by Gasteiger charge is 2.24. The van der Waals surface area contributed by atoms with Gasteiger partial charge >= 0.3 is 0 Å². The van der Waals surface area contributed by atoms with Gasteiger partial charge in [-0.2, -0.15) is 8.42 Å². The molecule has 0 saturated heterocycles. The molecule has 1 aliphatic rings. The molecular formula is C8H16O4S. The smallest absolute Gasteiger partial charge is 0.264 e. The molecule has 0 aromatic rings. The number of rotatable bonds is 3. The van der Waals surface area contributed by atoms with Crippen molar-refractivity contribution in [2.75, 3.05) is 12.9 Å². The summed E-state index contributed by atoms with van der Waals surface area (Å²) in [6.07, 6.45) is 4.19. The van der Waals surface area contributed by atoms with E-state index in [0.29, 0.717) is 6.42 Å². The molecule has 1 rings (SSSR count). The average molecular weight is 208 g/mol. The molecule has 5 heteroatoms. The van der Waals surface area contributed by atoms with E-state index in [2.05, 4.69) is 0 Å². The van der Waals surface area contributed by atoms with E-state index in [-0.39, 0.29) is 18.6 Å². The van der Waals surface area contributed by atoms with Crippen molar-refractivity contribution in [1.82, 2.24) is 0 Å². The van der Waals surface area contributed by atoms with Crippen LogP contribution in [-0.2, 0) is 14.3 Å². The Morgan fingerprint density at radius 1 is 1.46 bits per heavy atom. The van der Waals surface area contributed by atoms with Gasteiger partial charge in [-0.25, -0.2) is 0 Å². The van der Waals surface area contributed by atoms with Gasteiger partial charge in [0.1, 0.15) is 0 Å². The first kappa shape index (κ1) is 10.9. The molecule has 0 aromatic carbocycles. The third kappa shape index (κ3) is 4.06. The second-order valence-corrected chi connectivity index (χ2v) is 5.24. The second-order valence-electron chi connectivity index (χ2n) is 3.64. The quantitative estimate of drug-likeness (QED) is 0.686. The summed E-state index contributed by atoms with van der Waals surface area (Å²) in [7, 11) is -3.34. The van der Waals surface area contributed by atoms with Gasteiger partial charge in [0.15, 0.2) is 0 Å². The first-order chi connectivity index (χ1) is 6.01. The SMILES string of the molecule is CS(=O)(=O)OC1CCCC(CO)C1. The lowest BCUT2D eigenvalue weighted by Gasteiger charge is -2.26. The zero-order chi connectivity index (χ0) is 9.90. The van der Waals surface area contributed by atoms with Crippen molar-refractivity contribution < 1.29 is 17.7 Å². The topological polar surface area (TPSA) is 63.6 Å². The molecule has 0 aromatic heterocycles. The first-order valence-electron chi connectivity index (χ1n) is 4.50. The number of aliphatic hydroxyl groups is 1. The van der Waals surface area contributed by atoms with Gasteiger partial charge in [-0.3, -0.25) is 4.18 Å². The highest BCUT2D eigenvalue weighted by Crippen LogP contribution is 2.26. The molecule has 1 N–H and O–H groups in total. The monoisotopic (exact) mass is 208 g/mol. The molecular weight excluding hydrogens is 192 g/mol. The molecule has 0 aliphatic heterocycles. The van der Waals surface area contributed by atoms with Gasteiger partial charge in [0.2, 0.25) is 0 Å². The van der Waals surface area contributed by atoms with Gasteiger partial charge in [0, 0.05) is 6.61 Å². The van der Waals surface area contributed by atoms with Crippen molar-refractivity contribution in [1.29, 1.82) is 0 Å². The Bertz CT molecular complexity index is 247. The minimum absolute atomic E-state index is 0.129. The van der Waals surface area contributed by atoms with Crippen LogP contribution in [0.2, 0.25) is 0 Å². The molecule has 0 heterocycles. The van der Waals surface area contributed by atoms with E-state index >= 15 is 0 Å². The zero-order valence-electron chi connectivity index (χ0n) is 7.77. The standard InChI is InChI=1S/C8H16O4S/c1-13(10,11)12-8-4-2-3-7(5-8)6-9/h7-9H,2-6H2,1H3. The molecule has 0 bridgehead atoms. The molecule has 13 heavy (non-hydrogen) atoms. The van der Waals surface area contributed by atoms with Gasteiger partial charge < -0.3 is 5.11 Å². The summed E-state index contributed by atoms with van der Waals surface area (Å²) in [6, 6.07) is 0. The Labute approximate surface area is 79.0 Å². The minimum atomic E-state index is -3.34. The Morgan fingerprint density at radius 2 is 2.15 bits per heavy atom. The van der Waals surface area contributed by atoms with Gasteiger partial charge in [0.25, 0.3) is 10.1 Å². The predicted molar refractivity (Wildman–Crippen MR) is 48.8 cm³/mol. The van der Waals surface area contributed by atoms with Crippen LogP contribution in [0.15, 0.2) is 0 Å². The van der Waals surface area contributed by atoms with E-state index in [4.69, 9.17) is 9.29 Å². The Hall–Kier alpha value is -0.130. The molecule has 2 unspecified atom stereocenters. The van der Waals surface area contributed by atoms with E-state index < -0.39 is 10.1 Å². The lowest BCUT2D eigenvalue weighted by Crippen LogP contribution is -2.26. The van der Waals surface area contributed by atoms with Crippen LogP contribution in [0.1, 0.15) is 25.7 Å². The maximum atomic E-state index is 10.8. The van der Waals surface area contributed by atoms with Gasteiger partial charge in [0.05, 0.1) is 12.4 Å². The third-order valence-corrected chi connectivity index (χ3v) is 2.93. The molecule has 2 atom stereocenters. The molecule has 4 nitrogen and oxygen atoms in total. The van der Waals surface area contributed by atoms with Crippen LogP contribution < -0.4 is 0 Å². The van der Waals surface area contributed by atoms with Crippen molar-refractivity contribution in [3.63, 3.8) is 0 Å². The maximum absolute atomic E-state index is 10.8.